The Hall–Kier alpha value is -4.90. The van der Waals surface area contributed by atoms with Gasteiger partial charge in [-0.1, -0.05) is 50.2 Å². The largest absolute Gasteiger partial charge is 0.471 e. The highest BCUT2D eigenvalue weighted by molar-refractivity contribution is 5.96. The molecule has 8 rings (SSSR count). The monoisotopic (exact) mass is 619 g/mol. The predicted octanol–water partition coefficient (Wildman–Crippen LogP) is 9.92. The fourth-order valence-electron chi connectivity index (χ4n) is 7.78. The zero-order chi connectivity index (χ0) is 32.7. The van der Waals surface area contributed by atoms with E-state index in [4.69, 9.17) is 19.5 Å². The highest BCUT2D eigenvalue weighted by Crippen LogP contribution is 2.51. The SMILES string of the molecule is Cc1cc(Oc2cc(C)cc(N3c4ccccc4C(C)(C)c4cccnc43)c2)cc(C2=N[C@@]3(C)Cc4cc(C)c(C)cc4C[C@@H]3O2)c1. The van der Waals surface area contributed by atoms with E-state index in [2.05, 4.69) is 132 Å². The maximum absolute atomic E-state index is 6.65. The molecular formula is C42H41N3O2. The lowest BCUT2D eigenvalue weighted by atomic mass is 9.74. The molecule has 2 aliphatic heterocycles. The summed E-state index contributed by atoms with van der Waals surface area (Å²) in [4.78, 5) is 12.4. The lowest BCUT2D eigenvalue weighted by Gasteiger charge is -2.41. The fourth-order valence-corrected chi connectivity index (χ4v) is 7.78. The maximum atomic E-state index is 6.65. The van der Waals surface area contributed by atoms with Gasteiger partial charge in [0.1, 0.15) is 29.0 Å². The van der Waals surface area contributed by atoms with Crippen LogP contribution in [0.25, 0.3) is 0 Å². The average molecular weight is 620 g/mol. The summed E-state index contributed by atoms with van der Waals surface area (Å²) < 4.78 is 13.3. The number of benzene rings is 4. The first-order chi connectivity index (χ1) is 22.5. The second kappa shape index (κ2) is 10.6. The van der Waals surface area contributed by atoms with Crippen molar-refractivity contribution in [2.24, 2.45) is 4.99 Å². The van der Waals surface area contributed by atoms with Gasteiger partial charge < -0.3 is 9.47 Å². The molecule has 1 aromatic heterocycles. The third-order valence-electron chi connectivity index (χ3n) is 10.4. The molecule has 0 unspecified atom stereocenters. The Morgan fingerprint density at radius 3 is 2.28 bits per heavy atom. The van der Waals surface area contributed by atoms with Gasteiger partial charge >= 0.3 is 0 Å². The summed E-state index contributed by atoms with van der Waals surface area (Å²) in [6.45, 7) is 15.4. The first kappa shape index (κ1) is 29.5. The van der Waals surface area contributed by atoms with Gasteiger partial charge in [0.2, 0.25) is 5.90 Å². The van der Waals surface area contributed by atoms with Gasteiger partial charge in [0.05, 0.1) is 11.4 Å². The topological polar surface area (TPSA) is 47.0 Å². The van der Waals surface area contributed by atoms with E-state index < -0.39 is 0 Å². The van der Waals surface area contributed by atoms with E-state index in [1.165, 1.54) is 33.4 Å². The number of hydrogen-bond donors (Lipinski definition) is 0. The number of rotatable bonds is 4. The van der Waals surface area contributed by atoms with Crippen LogP contribution in [0, 0.1) is 27.7 Å². The van der Waals surface area contributed by atoms with Gasteiger partial charge in [0.25, 0.3) is 0 Å². The van der Waals surface area contributed by atoms with Crippen LogP contribution >= 0.6 is 0 Å². The van der Waals surface area contributed by atoms with Crippen molar-refractivity contribution in [1.29, 1.82) is 0 Å². The summed E-state index contributed by atoms with van der Waals surface area (Å²) in [7, 11) is 0. The Morgan fingerprint density at radius 2 is 1.47 bits per heavy atom. The van der Waals surface area contributed by atoms with E-state index >= 15 is 0 Å². The molecule has 2 atom stereocenters. The second-order valence-electron chi connectivity index (χ2n) is 14.5. The van der Waals surface area contributed by atoms with Crippen molar-refractivity contribution >= 4 is 23.1 Å². The predicted molar refractivity (Wildman–Crippen MR) is 190 cm³/mol. The zero-order valence-corrected chi connectivity index (χ0v) is 28.3. The average Bonchev–Trinajstić information content (AvgIpc) is 3.36. The van der Waals surface area contributed by atoms with Gasteiger partial charge in [0.15, 0.2) is 0 Å². The van der Waals surface area contributed by atoms with Crippen LogP contribution in [-0.4, -0.2) is 22.5 Å². The summed E-state index contributed by atoms with van der Waals surface area (Å²) in [5, 5.41) is 0. The summed E-state index contributed by atoms with van der Waals surface area (Å²) >= 11 is 0. The van der Waals surface area contributed by atoms with Crippen molar-refractivity contribution in [3.8, 4) is 11.5 Å². The van der Waals surface area contributed by atoms with E-state index in [9.17, 15) is 0 Å². The number of anilines is 3. The molecule has 236 valence electrons. The molecule has 0 saturated carbocycles. The second-order valence-corrected chi connectivity index (χ2v) is 14.5. The Balaban J connectivity index is 1.12. The highest BCUT2D eigenvalue weighted by atomic mass is 16.5. The van der Waals surface area contributed by atoms with E-state index in [0.29, 0.717) is 5.90 Å². The first-order valence-electron chi connectivity index (χ1n) is 16.6. The molecule has 0 spiro atoms. The van der Waals surface area contributed by atoms with E-state index in [0.717, 1.165) is 58.2 Å². The minimum atomic E-state index is -0.288. The van der Waals surface area contributed by atoms with Crippen molar-refractivity contribution in [1.82, 2.24) is 4.98 Å². The van der Waals surface area contributed by atoms with E-state index in [-0.39, 0.29) is 17.1 Å². The highest BCUT2D eigenvalue weighted by Gasteiger charge is 2.46. The number of ether oxygens (including phenoxy) is 2. The minimum Gasteiger partial charge on any atom is -0.471 e. The van der Waals surface area contributed by atoms with Crippen molar-refractivity contribution in [3.63, 3.8) is 0 Å². The molecule has 3 aliphatic rings. The Morgan fingerprint density at radius 1 is 0.766 bits per heavy atom. The Labute approximate surface area is 277 Å². The smallest absolute Gasteiger partial charge is 0.217 e. The van der Waals surface area contributed by atoms with Crippen LogP contribution in [0.1, 0.15) is 70.8 Å². The molecular weight excluding hydrogens is 578 g/mol. The molecule has 1 aliphatic carbocycles. The minimum absolute atomic E-state index is 0.0187. The van der Waals surface area contributed by atoms with Gasteiger partial charge in [-0.2, -0.15) is 0 Å². The van der Waals surface area contributed by atoms with Crippen molar-refractivity contribution in [2.75, 3.05) is 4.90 Å². The van der Waals surface area contributed by atoms with Crippen LogP contribution in [0.4, 0.5) is 17.2 Å². The Kier molecular flexibility index (Phi) is 6.63. The van der Waals surface area contributed by atoms with Gasteiger partial charge in [-0.05, 0) is 116 Å². The third-order valence-corrected chi connectivity index (χ3v) is 10.4. The van der Waals surface area contributed by atoms with Crippen LogP contribution in [-0.2, 0) is 23.0 Å². The van der Waals surface area contributed by atoms with Crippen LogP contribution in [0.5, 0.6) is 11.5 Å². The number of para-hydroxylation sites is 1. The quantitative estimate of drug-likeness (QED) is 0.201. The molecule has 0 saturated heterocycles. The van der Waals surface area contributed by atoms with Gasteiger partial charge in [-0.25, -0.2) is 9.98 Å². The van der Waals surface area contributed by atoms with Gasteiger partial charge in [-0.15, -0.1) is 0 Å². The molecule has 0 radical (unpaired) electrons. The van der Waals surface area contributed by atoms with Gasteiger partial charge in [0, 0.05) is 41.6 Å². The number of aryl methyl sites for hydroxylation is 4. The number of aliphatic imine (C=N–C) groups is 1. The molecule has 0 bridgehead atoms. The molecule has 5 heteroatoms. The van der Waals surface area contributed by atoms with E-state index in [1.807, 2.05) is 12.3 Å². The Bertz CT molecular complexity index is 2060. The number of hydrogen-bond acceptors (Lipinski definition) is 5. The lowest BCUT2D eigenvalue weighted by molar-refractivity contribution is 0.137. The van der Waals surface area contributed by atoms with Crippen LogP contribution in [0.2, 0.25) is 0 Å². The maximum Gasteiger partial charge on any atom is 0.217 e. The lowest BCUT2D eigenvalue weighted by Crippen LogP contribution is -2.42. The molecule has 4 aromatic carbocycles. The molecule has 5 aromatic rings. The zero-order valence-electron chi connectivity index (χ0n) is 28.3. The van der Waals surface area contributed by atoms with E-state index in [1.54, 1.807) is 0 Å². The molecule has 0 fully saturated rings. The number of fused-ring (bicyclic) bond motifs is 4. The van der Waals surface area contributed by atoms with Crippen molar-refractivity contribution in [3.05, 3.63) is 141 Å². The summed E-state index contributed by atoms with van der Waals surface area (Å²) in [6.07, 6.45) is 3.65. The number of aromatic nitrogens is 1. The number of pyridine rings is 1. The van der Waals surface area contributed by atoms with Crippen LogP contribution < -0.4 is 9.64 Å². The molecule has 0 N–H and O–H groups in total. The molecule has 5 nitrogen and oxygen atoms in total. The third kappa shape index (κ3) is 4.91. The normalized spacial score (nSPS) is 20.4. The molecule has 0 amide bonds. The van der Waals surface area contributed by atoms with Crippen molar-refractivity contribution < 1.29 is 9.47 Å². The summed E-state index contributed by atoms with van der Waals surface area (Å²) in [6, 6.07) is 30.2. The summed E-state index contributed by atoms with van der Waals surface area (Å²) in [5.41, 5.74) is 12.8. The van der Waals surface area contributed by atoms with Gasteiger partial charge in [-0.3, -0.25) is 4.90 Å². The molecule has 3 heterocycles. The van der Waals surface area contributed by atoms with Crippen LogP contribution in [0.15, 0.2) is 96.1 Å². The van der Waals surface area contributed by atoms with Crippen LogP contribution in [0.3, 0.4) is 0 Å². The standard InChI is InChI=1S/C42H41N3O2/c1-25-15-30(40-44-42(7)24-31-20-28(4)27(3)19-29(31)22-38(42)47-40)21-33(17-25)46-34-18-26(2)16-32(23-34)45-37-13-9-8-11-35(37)41(5,6)36-12-10-14-43-39(36)45/h8-21,23,38H,22,24H2,1-7H3/t38-,42-/m0/s1. The fraction of sp³-hybridized carbons (Fsp3) is 0.286. The molecule has 47 heavy (non-hydrogen) atoms. The van der Waals surface area contributed by atoms with Crippen molar-refractivity contribution in [2.45, 2.75) is 78.4 Å². The summed E-state index contributed by atoms with van der Waals surface area (Å²) in [5.74, 6) is 3.18. The number of nitrogens with zero attached hydrogens (tertiary/aromatic N) is 3. The first-order valence-corrected chi connectivity index (χ1v) is 16.6.